The number of halogens is 1. The Labute approximate surface area is 133 Å². The quantitative estimate of drug-likeness (QED) is 0.832. The van der Waals surface area contributed by atoms with E-state index in [2.05, 4.69) is 5.32 Å². The zero-order valence-corrected chi connectivity index (χ0v) is 12.5. The van der Waals surface area contributed by atoms with Gasteiger partial charge in [0.2, 0.25) is 0 Å². The summed E-state index contributed by atoms with van der Waals surface area (Å²) in [7, 11) is 1.52. The smallest absolute Gasteiger partial charge is 0.310 e. The fourth-order valence-electron chi connectivity index (χ4n) is 1.89. The molecule has 0 bridgehead atoms. The van der Waals surface area contributed by atoms with E-state index in [1.54, 1.807) is 30.3 Å². The Morgan fingerprint density at radius 2 is 1.91 bits per heavy atom. The molecule has 0 radical (unpaired) electrons. The van der Waals surface area contributed by atoms with Crippen LogP contribution in [0.4, 0.5) is 10.1 Å². The van der Waals surface area contributed by atoms with Crippen LogP contribution in [-0.4, -0.2) is 25.6 Å². The van der Waals surface area contributed by atoms with Crippen LogP contribution in [0.2, 0.25) is 0 Å². The van der Waals surface area contributed by atoms with Crippen LogP contribution in [0, 0.1) is 5.82 Å². The molecule has 2 rings (SSSR count). The molecule has 6 heteroatoms. The number of nitrogens with one attached hydrogen (secondary N) is 1. The van der Waals surface area contributed by atoms with E-state index >= 15 is 0 Å². The monoisotopic (exact) mass is 317 g/mol. The first-order chi connectivity index (χ1) is 11.1. The molecular formula is C17H16FNO4. The van der Waals surface area contributed by atoms with Gasteiger partial charge in [0.05, 0.1) is 13.5 Å². The highest BCUT2D eigenvalue weighted by molar-refractivity contribution is 5.93. The van der Waals surface area contributed by atoms with Gasteiger partial charge in [-0.05, 0) is 23.8 Å². The number of benzene rings is 2. The van der Waals surface area contributed by atoms with E-state index in [9.17, 15) is 14.0 Å². The molecule has 0 aliphatic rings. The van der Waals surface area contributed by atoms with Gasteiger partial charge >= 0.3 is 5.97 Å². The highest BCUT2D eigenvalue weighted by atomic mass is 19.1. The molecule has 2 aromatic carbocycles. The third-order valence-corrected chi connectivity index (χ3v) is 3.01. The molecule has 0 saturated carbocycles. The molecule has 1 N–H and O–H groups in total. The molecule has 0 atom stereocenters. The van der Waals surface area contributed by atoms with E-state index in [4.69, 9.17) is 9.47 Å². The van der Waals surface area contributed by atoms with Crippen molar-refractivity contribution in [3.63, 3.8) is 0 Å². The lowest BCUT2D eigenvalue weighted by Crippen LogP contribution is -2.21. The zero-order chi connectivity index (χ0) is 16.7. The minimum absolute atomic E-state index is 0.223. The zero-order valence-electron chi connectivity index (χ0n) is 12.5. The Bertz CT molecular complexity index is 702. The summed E-state index contributed by atoms with van der Waals surface area (Å²) in [6.45, 7) is -0.440. The number of esters is 1. The second-order valence-corrected chi connectivity index (χ2v) is 4.71. The van der Waals surface area contributed by atoms with E-state index in [1.165, 1.54) is 25.3 Å². The van der Waals surface area contributed by atoms with E-state index in [1.807, 2.05) is 0 Å². The normalized spacial score (nSPS) is 10.0. The number of hydrogen-bond acceptors (Lipinski definition) is 4. The highest BCUT2D eigenvalue weighted by Crippen LogP contribution is 2.16. The van der Waals surface area contributed by atoms with Crippen LogP contribution in [-0.2, 0) is 20.7 Å². The molecule has 5 nitrogen and oxygen atoms in total. The molecule has 23 heavy (non-hydrogen) atoms. The van der Waals surface area contributed by atoms with E-state index in [0.717, 1.165) is 0 Å². The Morgan fingerprint density at radius 1 is 1.13 bits per heavy atom. The molecule has 0 fully saturated rings. The Kier molecular flexibility index (Phi) is 5.68. The summed E-state index contributed by atoms with van der Waals surface area (Å²) in [5.74, 6) is -1.04. The van der Waals surface area contributed by atoms with Crippen molar-refractivity contribution < 1.29 is 23.5 Å². The third-order valence-electron chi connectivity index (χ3n) is 3.01. The second kappa shape index (κ2) is 7.93. The molecule has 0 aliphatic carbocycles. The van der Waals surface area contributed by atoms with E-state index in [-0.39, 0.29) is 12.0 Å². The maximum absolute atomic E-state index is 13.4. The predicted octanol–water partition coefficient (Wildman–Crippen LogP) is 2.56. The first kappa shape index (κ1) is 16.5. The van der Waals surface area contributed by atoms with Gasteiger partial charge in [-0.15, -0.1) is 0 Å². The Balaban J connectivity index is 1.82. The molecule has 1 amide bonds. The van der Waals surface area contributed by atoms with Gasteiger partial charge in [-0.2, -0.15) is 0 Å². The van der Waals surface area contributed by atoms with Crippen LogP contribution in [0.25, 0.3) is 0 Å². The largest absolute Gasteiger partial charge is 0.497 e. The SMILES string of the molecule is COc1cccc(NC(=O)COC(=O)Cc2ccccc2F)c1. The number of carbonyl (C=O) groups excluding carboxylic acids is 2. The molecule has 0 unspecified atom stereocenters. The van der Waals surface area contributed by atoms with Gasteiger partial charge in [0.1, 0.15) is 11.6 Å². The third kappa shape index (κ3) is 5.10. The summed E-state index contributed by atoms with van der Waals surface area (Å²) >= 11 is 0. The summed E-state index contributed by atoms with van der Waals surface area (Å²) in [5.41, 5.74) is 0.755. The topological polar surface area (TPSA) is 64.6 Å². The van der Waals surface area contributed by atoms with Crippen molar-refractivity contribution in [3.05, 3.63) is 59.9 Å². The summed E-state index contributed by atoms with van der Waals surface area (Å²) < 4.78 is 23.3. The predicted molar refractivity (Wildman–Crippen MR) is 82.7 cm³/mol. The van der Waals surface area contributed by atoms with Crippen molar-refractivity contribution in [2.45, 2.75) is 6.42 Å². The standard InChI is InChI=1S/C17H16FNO4/c1-22-14-7-4-6-13(10-14)19-16(20)11-23-17(21)9-12-5-2-3-8-15(12)18/h2-8,10H,9,11H2,1H3,(H,19,20). The minimum atomic E-state index is -0.670. The minimum Gasteiger partial charge on any atom is -0.497 e. The van der Waals surface area contributed by atoms with Gasteiger partial charge in [-0.1, -0.05) is 24.3 Å². The molecule has 0 heterocycles. The van der Waals surface area contributed by atoms with Gasteiger partial charge in [-0.3, -0.25) is 9.59 Å². The van der Waals surface area contributed by atoms with Crippen LogP contribution in [0.5, 0.6) is 5.75 Å². The van der Waals surface area contributed by atoms with Gasteiger partial charge in [0.25, 0.3) is 5.91 Å². The molecule has 2 aromatic rings. The number of amides is 1. The molecule has 0 saturated heterocycles. The maximum atomic E-state index is 13.4. The van der Waals surface area contributed by atoms with Crippen LogP contribution < -0.4 is 10.1 Å². The number of methoxy groups -OCH3 is 1. The number of rotatable bonds is 6. The van der Waals surface area contributed by atoms with Crippen molar-refractivity contribution in [2.75, 3.05) is 19.0 Å². The fourth-order valence-corrected chi connectivity index (χ4v) is 1.89. The Hall–Kier alpha value is -2.89. The lowest BCUT2D eigenvalue weighted by molar-refractivity contribution is -0.146. The average molecular weight is 317 g/mol. The number of anilines is 1. The molecule has 120 valence electrons. The number of carbonyl (C=O) groups is 2. The fraction of sp³-hybridized carbons (Fsp3) is 0.176. The lowest BCUT2D eigenvalue weighted by atomic mass is 10.1. The molecule has 0 aromatic heterocycles. The molecular weight excluding hydrogens is 301 g/mol. The van der Waals surface area contributed by atoms with Gasteiger partial charge in [-0.25, -0.2) is 4.39 Å². The van der Waals surface area contributed by atoms with Crippen molar-refractivity contribution in [3.8, 4) is 5.75 Å². The summed E-state index contributed by atoms with van der Waals surface area (Å²) in [5, 5.41) is 2.58. The first-order valence-corrected chi connectivity index (χ1v) is 6.91. The number of hydrogen-bond donors (Lipinski definition) is 1. The number of ether oxygens (including phenoxy) is 2. The molecule has 0 spiro atoms. The van der Waals surface area contributed by atoms with Gasteiger partial charge in [0, 0.05) is 11.8 Å². The summed E-state index contributed by atoms with van der Waals surface area (Å²) in [6, 6.07) is 12.7. The van der Waals surface area contributed by atoms with Crippen molar-refractivity contribution in [1.82, 2.24) is 0 Å². The Morgan fingerprint density at radius 3 is 2.65 bits per heavy atom. The van der Waals surface area contributed by atoms with Crippen LogP contribution in [0.1, 0.15) is 5.56 Å². The highest BCUT2D eigenvalue weighted by Gasteiger charge is 2.11. The van der Waals surface area contributed by atoms with Crippen LogP contribution in [0.3, 0.4) is 0 Å². The van der Waals surface area contributed by atoms with Crippen LogP contribution in [0.15, 0.2) is 48.5 Å². The maximum Gasteiger partial charge on any atom is 0.310 e. The average Bonchev–Trinajstić information content (AvgIpc) is 2.55. The van der Waals surface area contributed by atoms with Crippen molar-refractivity contribution in [2.24, 2.45) is 0 Å². The van der Waals surface area contributed by atoms with E-state index < -0.39 is 24.3 Å². The van der Waals surface area contributed by atoms with E-state index in [0.29, 0.717) is 11.4 Å². The van der Waals surface area contributed by atoms with Crippen molar-refractivity contribution >= 4 is 17.6 Å². The molecule has 0 aliphatic heterocycles. The summed E-state index contributed by atoms with van der Waals surface area (Å²) in [6.07, 6.45) is -0.223. The van der Waals surface area contributed by atoms with Crippen LogP contribution >= 0.6 is 0 Å². The second-order valence-electron chi connectivity index (χ2n) is 4.71. The van der Waals surface area contributed by atoms with Gasteiger partial charge in [0.15, 0.2) is 6.61 Å². The lowest BCUT2D eigenvalue weighted by Gasteiger charge is -2.08. The van der Waals surface area contributed by atoms with Gasteiger partial charge < -0.3 is 14.8 Å². The van der Waals surface area contributed by atoms with Crippen molar-refractivity contribution in [1.29, 1.82) is 0 Å². The first-order valence-electron chi connectivity index (χ1n) is 6.91. The summed E-state index contributed by atoms with van der Waals surface area (Å²) in [4.78, 5) is 23.4.